The van der Waals surface area contributed by atoms with Crippen LogP contribution in [0.2, 0.25) is 0 Å². The Labute approximate surface area is 162 Å². The molecule has 28 heavy (non-hydrogen) atoms. The molecule has 2 aromatic rings. The lowest BCUT2D eigenvalue weighted by atomic mass is 9.87. The molecular formula is C21H20N2O5. The quantitative estimate of drug-likeness (QED) is 0.452. The maximum absolute atomic E-state index is 12.9. The fourth-order valence-electron chi connectivity index (χ4n) is 3.16. The van der Waals surface area contributed by atoms with Crippen LogP contribution in [-0.4, -0.2) is 41.7 Å². The van der Waals surface area contributed by atoms with Crippen LogP contribution in [0.15, 0.2) is 60.7 Å². The molecule has 3 amide bonds. The fourth-order valence-corrected chi connectivity index (χ4v) is 3.16. The molecule has 0 aromatic heterocycles. The predicted molar refractivity (Wildman–Crippen MR) is 100 cm³/mol. The van der Waals surface area contributed by atoms with Crippen molar-refractivity contribution >= 4 is 23.7 Å². The number of imide groups is 1. The lowest BCUT2D eigenvalue weighted by Crippen LogP contribution is -2.44. The molecule has 0 unspecified atom stereocenters. The lowest BCUT2D eigenvalue weighted by molar-refractivity contribution is -0.147. The first kappa shape index (κ1) is 19.3. The molecule has 1 atom stereocenters. The Morgan fingerprint density at radius 1 is 1.00 bits per heavy atom. The third-order valence-corrected chi connectivity index (χ3v) is 4.72. The van der Waals surface area contributed by atoms with Gasteiger partial charge in [0.1, 0.15) is 12.1 Å². The fraction of sp³-hybridized carbons (Fsp3) is 0.238. The number of ether oxygens (including phenoxy) is 1. The van der Waals surface area contributed by atoms with Crippen LogP contribution in [0.1, 0.15) is 29.3 Å². The van der Waals surface area contributed by atoms with E-state index in [1.165, 1.54) is 0 Å². The van der Waals surface area contributed by atoms with Crippen molar-refractivity contribution in [2.45, 2.75) is 18.9 Å². The molecule has 0 spiro atoms. The third kappa shape index (κ3) is 3.64. The number of hydrogen-bond acceptors (Lipinski definition) is 5. The lowest BCUT2D eigenvalue weighted by Gasteiger charge is -2.25. The van der Waals surface area contributed by atoms with E-state index in [9.17, 15) is 19.2 Å². The smallest absolute Gasteiger partial charge is 0.326 e. The standard InChI is InChI=1S/C21H20N2O5/c1-2-21(16-11-7-4-8-12-16)19(26)23(20(27)22-21)13-18(25)28-14-17(24)15-9-5-3-6-10-15/h3-12H,2,13-14H2,1H3,(H,22,27)/t21-/m1/s1. The van der Waals surface area contributed by atoms with Gasteiger partial charge in [-0.2, -0.15) is 0 Å². The summed E-state index contributed by atoms with van der Waals surface area (Å²) in [6.07, 6.45) is 0.333. The molecule has 2 aromatic carbocycles. The van der Waals surface area contributed by atoms with E-state index in [4.69, 9.17) is 4.74 Å². The van der Waals surface area contributed by atoms with Crippen LogP contribution in [0.4, 0.5) is 4.79 Å². The van der Waals surface area contributed by atoms with Gasteiger partial charge in [-0.1, -0.05) is 67.6 Å². The van der Waals surface area contributed by atoms with Crippen molar-refractivity contribution in [3.63, 3.8) is 0 Å². The average molecular weight is 380 g/mol. The van der Waals surface area contributed by atoms with Gasteiger partial charge in [-0.3, -0.25) is 19.3 Å². The second-order valence-electron chi connectivity index (χ2n) is 6.40. The van der Waals surface area contributed by atoms with E-state index >= 15 is 0 Å². The minimum atomic E-state index is -1.21. The molecule has 7 heteroatoms. The Morgan fingerprint density at radius 3 is 2.21 bits per heavy atom. The van der Waals surface area contributed by atoms with Crippen LogP contribution < -0.4 is 5.32 Å². The van der Waals surface area contributed by atoms with Crippen LogP contribution >= 0.6 is 0 Å². The van der Waals surface area contributed by atoms with Crippen molar-refractivity contribution in [3.8, 4) is 0 Å². The normalized spacial score (nSPS) is 18.7. The molecule has 0 bridgehead atoms. The summed E-state index contributed by atoms with van der Waals surface area (Å²) in [5, 5.41) is 2.69. The van der Waals surface area contributed by atoms with Gasteiger partial charge in [0, 0.05) is 5.56 Å². The van der Waals surface area contributed by atoms with Gasteiger partial charge in [-0.15, -0.1) is 0 Å². The highest BCUT2D eigenvalue weighted by Crippen LogP contribution is 2.32. The topological polar surface area (TPSA) is 92.8 Å². The molecule has 1 aliphatic heterocycles. The first-order valence-electron chi connectivity index (χ1n) is 8.91. The van der Waals surface area contributed by atoms with Crippen LogP contribution in [0, 0.1) is 0 Å². The van der Waals surface area contributed by atoms with Gasteiger partial charge >= 0.3 is 12.0 Å². The summed E-state index contributed by atoms with van der Waals surface area (Å²) < 4.78 is 4.96. The first-order chi connectivity index (χ1) is 13.5. The van der Waals surface area contributed by atoms with Crippen molar-refractivity contribution in [1.82, 2.24) is 10.2 Å². The number of esters is 1. The van der Waals surface area contributed by atoms with E-state index in [0.717, 1.165) is 4.90 Å². The van der Waals surface area contributed by atoms with E-state index in [-0.39, 0.29) is 5.78 Å². The van der Waals surface area contributed by atoms with Gasteiger partial charge in [-0.05, 0) is 12.0 Å². The largest absolute Gasteiger partial charge is 0.456 e. The van der Waals surface area contributed by atoms with Crippen LogP contribution in [0.25, 0.3) is 0 Å². The molecular weight excluding hydrogens is 360 g/mol. The van der Waals surface area contributed by atoms with Crippen LogP contribution in [-0.2, 0) is 19.9 Å². The van der Waals surface area contributed by atoms with E-state index in [1.807, 2.05) is 6.07 Å². The molecule has 144 valence electrons. The number of urea groups is 1. The molecule has 7 nitrogen and oxygen atoms in total. The average Bonchev–Trinajstić information content (AvgIpc) is 2.98. The highest BCUT2D eigenvalue weighted by molar-refractivity contribution is 6.09. The van der Waals surface area contributed by atoms with Crippen LogP contribution in [0.3, 0.4) is 0 Å². The van der Waals surface area contributed by atoms with Gasteiger partial charge in [0.2, 0.25) is 0 Å². The van der Waals surface area contributed by atoms with Crippen molar-refractivity contribution in [2.75, 3.05) is 13.2 Å². The highest BCUT2D eigenvalue weighted by atomic mass is 16.5. The maximum atomic E-state index is 12.9. The Bertz CT molecular complexity index is 898. The Hall–Kier alpha value is -3.48. The summed E-state index contributed by atoms with van der Waals surface area (Å²) >= 11 is 0. The zero-order valence-electron chi connectivity index (χ0n) is 15.4. The second-order valence-corrected chi connectivity index (χ2v) is 6.40. The predicted octanol–water partition coefficient (Wildman–Crippen LogP) is 2.27. The van der Waals surface area contributed by atoms with E-state index < -0.39 is 36.6 Å². The Balaban J connectivity index is 1.65. The van der Waals surface area contributed by atoms with Gasteiger partial charge in [-0.25, -0.2) is 4.79 Å². The zero-order chi connectivity index (χ0) is 20.1. The summed E-state index contributed by atoms with van der Waals surface area (Å²) in [5.74, 6) is -1.70. The Morgan fingerprint density at radius 2 is 1.61 bits per heavy atom. The van der Waals surface area contributed by atoms with Crippen molar-refractivity contribution < 1.29 is 23.9 Å². The van der Waals surface area contributed by atoms with Crippen molar-refractivity contribution in [3.05, 3.63) is 71.8 Å². The molecule has 1 fully saturated rings. The van der Waals surface area contributed by atoms with Crippen molar-refractivity contribution in [2.24, 2.45) is 0 Å². The molecule has 1 heterocycles. The number of carbonyl (C=O) groups is 4. The molecule has 1 saturated heterocycles. The van der Waals surface area contributed by atoms with Crippen LogP contribution in [0.5, 0.6) is 0 Å². The number of Topliss-reactive ketones (excluding diaryl/α,β-unsaturated/α-hetero) is 1. The van der Waals surface area contributed by atoms with Gasteiger partial charge in [0.05, 0.1) is 0 Å². The van der Waals surface area contributed by atoms with Gasteiger partial charge in [0.25, 0.3) is 5.91 Å². The molecule has 0 aliphatic carbocycles. The molecule has 0 radical (unpaired) electrons. The monoisotopic (exact) mass is 380 g/mol. The molecule has 3 rings (SSSR count). The van der Waals surface area contributed by atoms with E-state index in [0.29, 0.717) is 17.5 Å². The summed E-state index contributed by atoms with van der Waals surface area (Å²) in [7, 11) is 0. The highest BCUT2D eigenvalue weighted by Gasteiger charge is 2.51. The maximum Gasteiger partial charge on any atom is 0.326 e. The summed E-state index contributed by atoms with van der Waals surface area (Å²) in [6.45, 7) is 0.775. The third-order valence-electron chi connectivity index (χ3n) is 4.72. The number of ketones is 1. The summed E-state index contributed by atoms with van der Waals surface area (Å²) in [5.41, 5.74) is -0.149. The molecule has 0 saturated carbocycles. The summed E-state index contributed by atoms with van der Waals surface area (Å²) in [6, 6.07) is 16.6. The Kier molecular flexibility index (Phi) is 5.54. The molecule has 1 N–H and O–H groups in total. The minimum Gasteiger partial charge on any atom is -0.456 e. The number of benzene rings is 2. The van der Waals surface area contributed by atoms with Crippen molar-refractivity contribution in [1.29, 1.82) is 0 Å². The SMILES string of the molecule is CC[C@]1(c2ccccc2)NC(=O)N(CC(=O)OCC(=O)c2ccccc2)C1=O. The number of nitrogens with zero attached hydrogens (tertiary/aromatic N) is 1. The zero-order valence-corrected chi connectivity index (χ0v) is 15.4. The van der Waals surface area contributed by atoms with Gasteiger partial charge < -0.3 is 10.1 Å². The number of nitrogens with one attached hydrogen (secondary N) is 1. The number of amides is 3. The number of hydrogen-bond donors (Lipinski definition) is 1. The second kappa shape index (κ2) is 8.04. The minimum absolute atomic E-state index is 0.333. The van der Waals surface area contributed by atoms with Gasteiger partial charge in [0.15, 0.2) is 12.4 Å². The summed E-state index contributed by atoms with van der Waals surface area (Å²) in [4.78, 5) is 50.2. The van der Waals surface area contributed by atoms with E-state index in [1.54, 1.807) is 61.5 Å². The number of rotatable bonds is 7. The van der Waals surface area contributed by atoms with E-state index in [2.05, 4.69) is 5.32 Å². The molecule has 1 aliphatic rings. The first-order valence-corrected chi connectivity index (χ1v) is 8.91. The number of carbonyl (C=O) groups excluding carboxylic acids is 4.